The van der Waals surface area contributed by atoms with Crippen LogP contribution in [0.25, 0.3) is 22.4 Å². The summed E-state index contributed by atoms with van der Waals surface area (Å²) in [6.45, 7) is 0. The van der Waals surface area contributed by atoms with E-state index < -0.39 is 0 Å². The molecule has 0 aliphatic rings. The summed E-state index contributed by atoms with van der Waals surface area (Å²) in [5.41, 5.74) is 2.04. The lowest BCUT2D eigenvalue weighted by molar-refractivity contribution is 0.471. The highest BCUT2D eigenvalue weighted by molar-refractivity contribution is 14.1. The Bertz CT molecular complexity index is 749. The van der Waals surface area contributed by atoms with Crippen molar-refractivity contribution in [1.29, 1.82) is 0 Å². The van der Waals surface area contributed by atoms with E-state index in [1.54, 1.807) is 18.2 Å². The Balaban J connectivity index is 2.17. The molecule has 96 valence electrons. The van der Waals surface area contributed by atoms with E-state index in [1.165, 1.54) is 6.07 Å². The molecule has 0 aliphatic carbocycles. The molecule has 0 radical (unpaired) electrons. The van der Waals surface area contributed by atoms with E-state index in [4.69, 9.17) is 0 Å². The third-order valence-corrected chi connectivity index (χ3v) is 4.26. The zero-order valence-electron chi connectivity index (χ0n) is 9.42. The standard InChI is InChI=1S/C13H7BrFIN2O/c14-7-4-10-11(5-8(7)15)18-13(17-10)6-1-2-9(16)12(19)3-6/h1-5,19H,(H,17,18). The Morgan fingerprint density at radius 2 is 2.05 bits per heavy atom. The van der Waals surface area contributed by atoms with E-state index >= 15 is 0 Å². The number of nitrogens with zero attached hydrogens (tertiary/aromatic N) is 1. The first-order valence-electron chi connectivity index (χ1n) is 5.38. The van der Waals surface area contributed by atoms with Crippen LogP contribution >= 0.6 is 38.5 Å². The van der Waals surface area contributed by atoms with Gasteiger partial charge in [0.2, 0.25) is 0 Å². The molecule has 2 aromatic carbocycles. The molecule has 3 aromatic rings. The van der Waals surface area contributed by atoms with E-state index in [2.05, 4.69) is 25.9 Å². The fourth-order valence-corrected chi connectivity index (χ4v) is 2.47. The molecule has 3 rings (SSSR count). The van der Waals surface area contributed by atoms with Crippen molar-refractivity contribution in [2.24, 2.45) is 0 Å². The molecule has 0 saturated heterocycles. The number of phenols is 1. The maximum atomic E-state index is 13.4. The Hall–Kier alpha value is -1.15. The average Bonchev–Trinajstić information content (AvgIpc) is 2.76. The minimum atomic E-state index is -0.340. The number of phenolic OH excluding ortho intramolecular Hbond substituents is 1. The maximum Gasteiger partial charge on any atom is 0.139 e. The maximum absolute atomic E-state index is 13.4. The summed E-state index contributed by atoms with van der Waals surface area (Å²) in [7, 11) is 0. The number of rotatable bonds is 1. The van der Waals surface area contributed by atoms with Gasteiger partial charge < -0.3 is 10.1 Å². The van der Waals surface area contributed by atoms with E-state index in [9.17, 15) is 9.50 Å². The highest BCUT2D eigenvalue weighted by Gasteiger charge is 2.10. The molecule has 0 fully saturated rings. The van der Waals surface area contributed by atoms with Crippen LogP contribution < -0.4 is 0 Å². The molecule has 1 aromatic heterocycles. The van der Waals surface area contributed by atoms with Gasteiger partial charge in [-0.15, -0.1) is 0 Å². The molecule has 0 spiro atoms. The van der Waals surface area contributed by atoms with Crippen LogP contribution in [0.4, 0.5) is 4.39 Å². The number of H-pyrrole nitrogens is 1. The van der Waals surface area contributed by atoms with Crippen molar-refractivity contribution in [1.82, 2.24) is 9.97 Å². The van der Waals surface area contributed by atoms with Gasteiger partial charge in [0.25, 0.3) is 0 Å². The summed E-state index contributed by atoms with van der Waals surface area (Å²) in [5, 5.41) is 9.71. The van der Waals surface area contributed by atoms with Crippen LogP contribution in [0, 0.1) is 9.39 Å². The van der Waals surface area contributed by atoms with Crippen molar-refractivity contribution in [3.05, 3.63) is 44.2 Å². The van der Waals surface area contributed by atoms with Crippen LogP contribution in [0.1, 0.15) is 0 Å². The lowest BCUT2D eigenvalue weighted by Crippen LogP contribution is -1.81. The molecular formula is C13H7BrFIN2O. The Kier molecular flexibility index (Phi) is 3.22. The number of benzene rings is 2. The van der Waals surface area contributed by atoms with Gasteiger partial charge in [-0.25, -0.2) is 9.37 Å². The number of hydrogen-bond donors (Lipinski definition) is 2. The molecule has 0 atom stereocenters. The van der Waals surface area contributed by atoms with Crippen molar-refractivity contribution in [2.45, 2.75) is 0 Å². The van der Waals surface area contributed by atoms with Crippen LogP contribution in [0.2, 0.25) is 0 Å². The van der Waals surface area contributed by atoms with E-state index in [0.717, 1.165) is 9.13 Å². The Labute approximate surface area is 130 Å². The summed E-state index contributed by atoms with van der Waals surface area (Å²) in [6, 6.07) is 8.30. The van der Waals surface area contributed by atoms with Crippen molar-refractivity contribution in [2.75, 3.05) is 0 Å². The second kappa shape index (κ2) is 4.75. The van der Waals surface area contributed by atoms with Crippen LogP contribution in [0.3, 0.4) is 0 Å². The van der Waals surface area contributed by atoms with Gasteiger partial charge in [-0.1, -0.05) is 0 Å². The summed E-state index contributed by atoms with van der Waals surface area (Å²) in [4.78, 5) is 7.43. The van der Waals surface area contributed by atoms with Gasteiger partial charge in [-0.3, -0.25) is 0 Å². The molecule has 0 amide bonds. The van der Waals surface area contributed by atoms with Crippen LogP contribution in [-0.4, -0.2) is 15.1 Å². The van der Waals surface area contributed by atoms with Gasteiger partial charge in [0, 0.05) is 11.6 Å². The Morgan fingerprint density at radius 3 is 2.79 bits per heavy atom. The van der Waals surface area contributed by atoms with Crippen molar-refractivity contribution < 1.29 is 9.50 Å². The number of fused-ring (bicyclic) bond motifs is 1. The van der Waals surface area contributed by atoms with Gasteiger partial charge in [0.05, 0.1) is 19.1 Å². The van der Waals surface area contributed by atoms with Crippen molar-refractivity contribution in [3.63, 3.8) is 0 Å². The molecule has 2 N–H and O–H groups in total. The first-order chi connectivity index (χ1) is 9.04. The molecule has 0 aliphatic heterocycles. The summed E-state index contributed by atoms with van der Waals surface area (Å²) in [5.74, 6) is 0.457. The largest absolute Gasteiger partial charge is 0.507 e. The van der Waals surface area contributed by atoms with Crippen molar-refractivity contribution in [3.8, 4) is 17.1 Å². The average molecular weight is 433 g/mol. The van der Waals surface area contributed by atoms with Gasteiger partial charge >= 0.3 is 0 Å². The first kappa shape index (κ1) is 12.9. The second-order valence-electron chi connectivity index (χ2n) is 4.04. The van der Waals surface area contributed by atoms with E-state index in [1.807, 2.05) is 28.7 Å². The number of aromatic hydroxyl groups is 1. The normalized spacial score (nSPS) is 11.1. The third-order valence-electron chi connectivity index (χ3n) is 2.74. The summed E-state index contributed by atoms with van der Waals surface area (Å²) >= 11 is 5.18. The molecule has 0 saturated carbocycles. The smallest absolute Gasteiger partial charge is 0.139 e. The topological polar surface area (TPSA) is 48.9 Å². The zero-order valence-corrected chi connectivity index (χ0v) is 13.2. The highest BCUT2D eigenvalue weighted by atomic mass is 127. The predicted molar refractivity (Wildman–Crippen MR) is 83.6 cm³/mol. The molecule has 1 heterocycles. The minimum Gasteiger partial charge on any atom is -0.507 e. The quantitative estimate of drug-likeness (QED) is 0.558. The van der Waals surface area contributed by atoms with Crippen LogP contribution in [0.5, 0.6) is 5.75 Å². The summed E-state index contributed by atoms with van der Waals surface area (Å²) in [6.07, 6.45) is 0. The minimum absolute atomic E-state index is 0.200. The zero-order chi connectivity index (χ0) is 13.6. The van der Waals surface area contributed by atoms with Gasteiger partial charge in [-0.2, -0.15) is 0 Å². The highest BCUT2D eigenvalue weighted by Crippen LogP contribution is 2.28. The van der Waals surface area contributed by atoms with E-state index in [0.29, 0.717) is 21.3 Å². The molecule has 19 heavy (non-hydrogen) atoms. The van der Waals surface area contributed by atoms with Crippen LogP contribution in [-0.2, 0) is 0 Å². The SMILES string of the molecule is Oc1cc(-c2nc3cc(Br)c(F)cc3[nH]2)ccc1I. The molecule has 3 nitrogen and oxygen atoms in total. The number of aromatic amines is 1. The number of aromatic nitrogens is 2. The number of nitrogens with one attached hydrogen (secondary N) is 1. The van der Waals surface area contributed by atoms with Crippen molar-refractivity contribution >= 4 is 49.6 Å². The molecule has 0 bridgehead atoms. The molecule has 0 unspecified atom stereocenters. The van der Waals surface area contributed by atoms with Crippen LogP contribution in [0.15, 0.2) is 34.8 Å². The van der Waals surface area contributed by atoms with E-state index in [-0.39, 0.29) is 11.6 Å². The number of halogens is 3. The lowest BCUT2D eigenvalue weighted by atomic mass is 10.2. The third kappa shape index (κ3) is 2.34. The second-order valence-corrected chi connectivity index (χ2v) is 6.05. The predicted octanol–water partition coefficient (Wildman–Crippen LogP) is 4.44. The monoisotopic (exact) mass is 432 g/mol. The van der Waals surface area contributed by atoms with Gasteiger partial charge in [-0.05, 0) is 62.8 Å². The summed E-state index contributed by atoms with van der Waals surface area (Å²) < 4.78 is 14.6. The molecule has 6 heteroatoms. The fraction of sp³-hybridized carbons (Fsp3) is 0. The van der Waals surface area contributed by atoms with Gasteiger partial charge in [0.15, 0.2) is 0 Å². The number of hydrogen-bond acceptors (Lipinski definition) is 2. The first-order valence-corrected chi connectivity index (χ1v) is 7.25. The number of imidazole rings is 1. The van der Waals surface area contributed by atoms with Gasteiger partial charge in [0.1, 0.15) is 17.4 Å². The Morgan fingerprint density at radius 1 is 1.26 bits per heavy atom. The lowest BCUT2D eigenvalue weighted by Gasteiger charge is -1.99. The molecular weight excluding hydrogens is 426 g/mol. The fourth-order valence-electron chi connectivity index (χ4n) is 1.80.